The number of nitrogens with zero attached hydrogens (tertiary/aromatic N) is 4. The van der Waals surface area contributed by atoms with Crippen molar-refractivity contribution < 1.29 is 28.7 Å². The molecule has 1 atom stereocenters. The maximum absolute atomic E-state index is 13.4. The van der Waals surface area contributed by atoms with Crippen LogP contribution in [0.1, 0.15) is 46.0 Å². The summed E-state index contributed by atoms with van der Waals surface area (Å²) in [6.07, 6.45) is 6.90. The van der Waals surface area contributed by atoms with E-state index in [4.69, 9.17) is 9.47 Å². The van der Waals surface area contributed by atoms with Crippen LogP contribution >= 0.6 is 0 Å². The summed E-state index contributed by atoms with van der Waals surface area (Å²) in [4.78, 5) is 59.7. The van der Waals surface area contributed by atoms with E-state index in [1.54, 1.807) is 24.3 Å². The molecular weight excluding hydrogens is 540 g/mol. The number of hydrogen-bond acceptors (Lipinski definition) is 7. The number of aromatic nitrogens is 2. The van der Waals surface area contributed by atoms with Crippen LogP contribution in [-0.4, -0.2) is 95.5 Å². The lowest BCUT2D eigenvalue weighted by Crippen LogP contribution is -2.53. The topological polar surface area (TPSA) is 135 Å². The van der Waals surface area contributed by atoms with Gasteiger partial charge in [0.2, 0.25) is 23.6 Å². The van der Waals surface area contributed by atoms with Crippen molar-refractivity contribution >= 4 is 23.6 Å². The Hall–Kier alpha value is -4.09. The molecule has 0 radical (unpaired) electrons. The molecule has 2 aliphatic rings. The summed E-state index contributed by atoms with van der Waals surface area (Å²) in [6, 6.07) is 4.74. The third-order valence-electron chi connectivity index (χ3n) is 7.63. The van der Waals surface area contributed by atoms with E-state index in [0.29, 0.717) is 49.9 Å². The molecule has 4 rings (SSSR count). The predicted molar refractivity (Wildman–Crippen MR) is 156 cm³/mol. The second-order valence-corrected chi connectivity index (χ2v) is 11.0. The third kappa shape index (κ3) is 8.01. The number of imidazole rings is 1. The van der Waals surface area contributed by atoms with Crippen LogP contribution in [0.4, 0.5) is 0 Å². The van der Waals surface area contributed by atoms with Crippen molar-refractivity contribution in [3.63, 3.8) is 0 Å². The highest BCUT2D eigenvalue weighted by atomic mass is 16.5. The van der Waals surface area contributed by atoms with Crippen LogP contribution < -0.4 is 20.1 Å². The van der Waals surface area contributed by atoms with Gasteiger partial charge in [-0.3, -0.25) is 19.2 Å². The van der Waals surface area contributed by atoms with Gasteiger partial charge in [-0.15, -0.1) is 0 Å². The van der Waals surface area contributed by atoms with Crippen LogP contribution in [-0.2, 0) is 25.7 Å². The molecule has 1 saturated heterocycles. The number of fused-ring (bicyclic) bond motifs is 4. The van der Waals surface area contributed by atoms with E-state index >= 15 is 0 Å². The molecule has 1 aromatic carbocycles. The average Bonchev–Trinajstić information content (AvgIpc) is 3.34. The highest BCUT2D eigenvalue weighted by molar-refractivity contribution is 5.90. The van der Waals surface area contributed by atoms with E-state index in [2.05, 4.69) is 15.6 Å². The second-order valence-electron chi connectivity index (χ2n) is 11.0. The van der Waals surface area contributed by atoms with Crippen LogP contribution in [0.3, 0.4) is 0 Å². The molecule has 2 aromatic rings. The van der Waals surface area contributed by atoms with Crippen LogP contribution in [0.25, 0.3) is 11.4 Å². The Labute approximate surface area is 246 Å². The molecule has 0 unspecified atom stereocenters. The quantitative estimate of drug-likeness (QED) is 0.549. The smallest absolute Gasteiger partial charge is 0.242 e. The van der Waals surface area contributed by atoms with Gasteiger partial charge in [0.15, 0.2) is 11.5 Å². The molecule has 12 nitrogen and oxygen atoms in total. The third-order valence-corrected chi connectivity index (χ3v) is 7.63. The number of ether oxygens (including phenoxy) is 2. The van der Waals surface area contributed by atoms with Gasteiger partial charge >= 0.3 is 0 Å². The van der Waals surface area contributed by atoms with Crippen LogP contribution in [0.5, 0.6) is 11.5 Å². The molecule has 2 bridgehead atoms. The molecule has 2 aliphatic heterocycles. The lowest BCUT2D eigenvalue weighted by Gasteiger charge is -2.27. The zero-order valence-electron chi connectivity index (χ0n) is 24.8. The number of rotatable bonds is 5. The summed E-state index contributed by atoms with van der Waals surface area (Å²) in [5, 5.41) is 5.73. The highest BCUT2D eigenvalue weighted by Crippen LogP contribution is 2.32. The second kappa shape index (κ2) is 14.7. The number of carbonyl (C=O) groups is 4. The molecule has 4 amide bonds. The Morgan fingerprint density at radius 2 is 1.98 bits per heavy atom. The number of benzene rings is 1. The van der Waals surface area contributed by atoms with E-state index in [1.807, 2.05) is 36.7 Å². The molecule has 228 valence electrons. The molecule has 12 heteroatoms. The number of likely N-dealkylation sites (tertiary alicyclic amines) is 1. The van der Waals surface area contributed by atoms with Gasteiger partial charge in [0.1, 0.15) is 18.5 Å². The van der Waals surface area contributed by atoms with Crippen molar-refractivity contribution in [2.75, 3.05) is 46.4 Å². The number of nitrogens with one attached hydrogen (secondary N) is 2. The maximum Gasteiger partial charge on any atom is 0.242 e. The van der Waals surface area contributed by atoms with E-state index in [0.717, 1.165) is 24.8 Å². The van der Waals surface area contributed by atoms with Gasteiger partial charge in [-0.05, 0) is 37.0 Å². The summed E-state index contributed by atoms with van der Waals surface area (Å²) in [5.74, 6) is 0.595. The monoisotopic (exact) mass is 582 g/mol. The number of hydrogen-bond donors (Lipinski definition) is 2. The Kier molecular flexibility index (Phi) is 10.8. The van der Waals surface area contributed by atoms with Gasteiger partial charge < -0.3 is 34.5 Å². The molecule has 1 aromatic heterocycles. The zero-order chi connectivity index (χ0) is 30.1. The van der Waals surface area contributed by atoms with Gasteiger partial charge in [-0.25, -0.2) is 4.98 Å². The summed E-state index contributed by atoms with van der Waals surface area (Å²) in [6.45, 7) is 5.45. The van der Waals surface area contributed by atoms with Crippen molar-refractivity contribution in [3.8, 4) is 22.9 Å². The first-order chi connectivity index (χ1) is 20.3. The Morgan fingerprint density at radius 3 is 2.76 bits per heavy atom. The van der Waals surface area contributed by atoms with Gasteiger partial charge in [-0.1, -0.05) is 20.3 Å². The van der Waals surface area contributed by atoms with Crippen LogP contribution in [0, 0.1) is 5.92 Å². The average molecular weight is 583 g/mol. The summed E-state index contributed by atoms with van der Waals surface area (Å²) in [5.41, 5.74) is 0.804. The SMILES string of the molecule is COc1ccc2cc1OCCN(C(=O)CCN1CCCCCC1=O)CC(=O)N[C@H](C(C)C)C(=O)NCCn1ccnc1-2. The molecule has 42 heavy (non-hydrogen) atoms. The summed E-state index contributed by atoms with van der Waals surface area (Å²) in [7, 11) is 1.55. The first-order valence-corrected chi connectivity index (χ1v) is 14.7. The van der Waals surface area contributed by atoms with E-state index < -0.39 is 11.9 Å². The van der Waals surface area contributed by atoms with Crippen molar-refractivity contribution in [1.82, 2.24) is 30.0 Å². The highest BCUT2D eigenvalue weighted by Gasteiger charge is 2.27. The summed E-state index contributed by atoms with van der Waals surface area (Å²) < 4.78 is 13.5. The number of amides is 4. The van der Waals surface area contributed by atoms with Gasteiger partial charge in [-0.2, -0.15) is 0 Å². The number of methoxy groups -OCH3 is 1. The summed E-state index contributed by atoms with van der Waals surface area (Å²) >= 11 is 0. The molecule has 3 heterocycles. The minimum Gasteiger partial charge on any atom is -0.493 e. The largest absolute Gasteiger partial charge is 0.493 e. The zero-order valence-corrected chi connectivity index (χ0v) is 24.8. The van der Waals surface area contributed by atoms with Crippen molar-refractivity contribution in [2.24, 2.45) is 5.92 Å². The molecule has 1 fully saturated rings. The Balaban J connectivity index is 1.56. The lowest BCUT2D eigenvalue weighted by atomic mass is 10.0. The van der Waals surface area contributed by atoms with E-state index in [1.165, 1.54) is 4.90 Å². The first kappa shape index (κ1) is 30.9. The molecular formula is C30H42N6O6. The van der Waals surface area contributed by atoms with Gasteiger partial charge in [0.25, 0.3) is 0 Å². The van der Waals surface area contributed by atoms with Crippen LogP contribution in [0.15, 0.2) is 30.6 Å². The Morgan fingerprint density at radius 1 is 1.14 bits per heavy atom. The van der Waals surface area contributed by atoms with Crippen molar-refractivity contribution in [1.29, 1.82) is 0 Å². The first-order valence-electron chi connectivity index (χ1n) is 14.7. The molecule has 0 spiro atoms. The van der Waals surface area contributed by atoms with E-state index in [-0.39, 0.29) is 49.8 Å². The van der Waals surface area contributed by atoms with Gasteiger partial charge in [0.05, 0.1) is 20.2 Å². The Bertz CT molecular complexity index is 1260. The molecule has 0 aliphatic carbocycles. The van der Waals surface area contributed by atoms with Gasteiger partial charge in [0, 0.05) is 57.0 Å². The fourth-order valence-electron chi connectivity index (χ4n) is 5.24. The maximum atomic E-state index is 13.4. The number of carbonyl (C=O) groups excluding carboxylic acids is 4. The van der Waals surface area contributed by atoms with Crippen LogP contribution in [0.2, 0.25) is 0 Å². The minimum atomic E-state index is -0.766. The standard InChI is InChI=1S/C30H42N6O6/c1-21(2)28-30(40)32-12-16-35-15-11-31-29(35)22-8-9-23(41-3)24(19-22)42-18-17-36(20-25(37)33-28)27(39)10-14-34-13-6-4-5-7-26(34)38/h8-9,11,15,19,21,28H,4-7,10,12-14,16-18,20H2,1-3H3,(H,32,40)(H,33,37)/t28-/m1/s1. The predicted octanol–water partition coefficient (Wildman–Crippen LogP) is 1.83. The van der Waals surface area contributed by atoms with Crippen molar-refractivity contribution in [3.05, 3.63) is 30.6 Å². The fourth-order valence-corrected chi connectivity index (χ4v) is 5.24. The normalized spacial score (nSPS) is 19.2. The van der Waals surface area contributed by atoms with Crippen molar-refractivity contribution in [2.45, 2.75) is 58.5 Å². The fraction of sp³-hybridized carbons (Fsp3) is 0.567. The minimum absolute atomic E-state index is 0.0590. The molecule has 0 saturated carbocycles. The lowest BCUT2D eigenvalue weighted by molar-refractivity contribution is -0.138. The molecule has 2 N–H and O–H groups in total. The van der Waals surface area contributed by atoms with E-state index in [9.17, 15) is 19.2 Å².